The van der Waals surface area contributed by atoms with Crippen molar-refractivity contribution in [1.29, 1.82) is 0 Å². The lowest BCUT2D eigenvalue weighted by atomic mass is 9.85. The van der Waals surface area contributed by atoms with Gasteiger partial charge < -0.3 is 13.2 Å². The van der Waals surface area contributed by atoms with Crippen molar-refractivity contribution >= 4 is 157 Å². The third kappa shape index (κ3) is 4.94. The largest absolute Gasteiger partial charge is 0.308 e. The van der Waals surface area contributed by atoms with E-state index >= 15 is 0 Å². The second kappa shape index (κ2) is 13.8. The van der Waals surface area contributed by atoms with Crippen molar-refractivity contribution in [3.63, 3.8) is 0 Å². The Morgan fingerprint density at radius 3 is 0.822 bits per heavy atom. The summed E-state index contributed by atoms with van der Waals surface area (Å²) in [6.07, 6.45) is 0. The molecule has 0 atom stereocenters. The van der Waals surface area contributed by atoms with Crippen LogP contribution in [0.5, 0.6) is 0 Å². The maximum atomic E-state index is 2.62. The smallest absolute Gasteiger partial charge is 0.0621 e. The van der Waals surface area contributed by atoms with Gasteiger partial charge in [-0.2, -0.15) is 0 Å². The van der Waals surface area contributed by atoms with Crippen molar-refractivity contribution in [2.24, 2.45) is 0 Å². The first-order valence-electron chi connectivity index (χ1n) is 25.7. The Hall–Kier alpha value is -9.18. The van der Waals surface area contributed by atoms with E-state index in [1.807, 2.05) is 0 Å². The van der Waals surface area contributed by atoms with Crippen LogP contribution in [0.25, 0.3) is 157 Å². The van der Waals surface area contributed by atoms with Crippen molar-refractivity contribution < 1.29 is 0 Å². The number of fused-ring (bicyclic) bond motifs is 28. The summed E-state index contributed by atoms with van der Waals surface area (Å²) in [7, 11) is 0. The molecule has 340 valence electrons. The van der Waals surface area contributed by atoms with Gasteiger partial charge >= 0.3 is 0 Å². The average molecular weight is 928 g/mol. The highest BCUT2D eigenvalue weighted by Gasteiger charge is 2.28. The number of aromatic nitrogens is 3. The maximum absolute atomic E-state index is 2.62. The second-order valence-electron chi connectivity index (χ2n) is 21.5. The van der Waals surface area contributed by atoms with Crippen LogP contribution in [0.2, 0.25) is 0 Å². The Bertz CT molecular complexity index is 5100. The molecule has 3 heteroatoms. The van der Waals surface area contributed by atoms with Gasteiger partial charge in [0.05, 0.1) is 49.7 Å². The first kappa shape index (κ1) is 39.5. The van der Waals surface area contributed by atoms with Crippen molar-refractivity contribution in [2.75, 3.05) is 0 Å². The van der Waals surface area contributed by atoms with Crippen molar-refractivity contribution in [3.05, 3.63) is 224 Å². The molecule has 0 fully saturated rings. The fourth-order valence-corrected chi connectivity index (χ4v) is 13.8. The molecule has 6 aromatic heterocycles. The van der Waals surface area contributed by atoms with Crippen molar-refractivity contribution in [2.45, 2.75) is 26.2 Å². The van der Waals surface area contributed by atoms with Crippen LogP contribution in [0.4, 0.5) is 0 Å². The number of rotatable bonds is 0. The van der Waals surface area contributed by atoms with Crippen LogP contribution in [0, 0.1) is 0 Å². The number of hydrogen-bond donors (Lipinski definition) is 0. The van der Waals surface area contributed by atoms with E-state index in [9.17, 15) is 0 Å². The van der Waals surface area contributed by atoms with E-state index in [4.69, 9.17) is 0 Å². The lowest BCUT2D eigenvalue weighted by molar-refractivity contribution is 0.592. The molecule has 17 aromatic rings. The summed E-state index contributed by atoms with van der Waals surface area (Å²) in [5.41, 5.74) is 12.3. The quantitative estimate of drug-likeness (QED) is 0.144. The van der Waals surface area contributed by atoms with E-state index in [0.29, 0.717) is 0 Å². The van der Waals surface area contributed by atoms with Gasteiger partial charge in [0.25, 0.3) is 0 Å². The van der Waals surface area contributed by atoms with Crippen molar-refractivity contribution in [3.8, 4) is 0 Å². The van der Waals surface area contributed by atoms with Crippen LogP contribution >= 0.6 is 0 Å². The predicted molar refractivity (Wildman–Crippen MR) is 314 cm³/mol. The molecule has 0 aliphatic rings. The molecule has 0 bridgehead atoms. The summed E-state index contributed by atoms with van der Waals surface area (Å²) in [6.45, 7) is 7.12. The highest BCUT2D eigenvalue weighted by Crippen LogP contribution is 2.50. The normalized spacial score (nSPS) is 12.9. The standard InChI is InChI=1S/C70H45N3/c1-70(2,3)40-38-55-65-61(36-34-59-63(65)53-30-16-28-51-47-24-10-6-20-43(47)41-18-4-8-22-45(41)49-26-12-14-32-57(49)71(59)67(51)53)73-62-37-35-60-64(66(62)56(39-40)69(55)73)54-31-17-29-52-48-25-11-7-21-44(48)42-19-5-9-23-46(42)50-27-13-15-33-58(50)72(60)68(52)54/h4-39H,1-3H3. The summed E-state index contributed by atoms with van der Waals surface area (Å²) in [6, 6.07) is 82.8. The fourth-order valence-electron chi connectivity index (χ4n) is 13.8. The third-order valence-electron chi connectivity index (χ3n) is 16.8. The minimum atomic E-state index is -0.119. The van der Waals surface area contributed by atoms with Gasteiger partial charge in [0.2, 0.25) is 0 Å². The molecule has 0 saturated carbocycles. The van der Waals surface area contributed by atoms with E-state index in [1.54, 1.807) is 0 Å². The fraction of sp³-hybridized carbons (Fsp3) is 0.0571. The minimum absolute atomic E-state index is 0.119. The van der Waals surface area contributed by atoms with E-state index < -0.39 is 0 Å². The topological polar surface area (TPSA) is 13.2 Å². The average Bonchev–Trinajstić information content (AvgIpc) is 4.18. The maximum Gasteiger partial charge on any atom is 0.0621 e. The molecule has 0 aliphatic heterocycles. The molecule has 73 heavy (non-hydrogen) atoms. The van der Waals surface area contributed by atoms with Crippen LogP contribution in [-0.4, -0.2) is 13.2 Å². The predicted octanol–water partition coefficient (Wildman–Crippen LogP) is 19.3. The Kier molecular flexibility index (Phi) is 7.48. The zero-order valence-electron chi connectivity index (χ0n) is 40.6. The number of nitrogens with zero attached hydrogens (tertiary/aromatic N) is 3. The van der Waals surface area contributed by atoms with E-state index in [0.717, 1.165) is 0 Å². The molecule has 0 aliphatic carbocycles. The van der Waals surface area contributed by atoms with Gasteiger partial charge in [-0.3, -0.25) is 0 Å². The number of para-hydroxylation sites is 4. The van der Waals surface area contributed by atoms with Crippen LogP contribution in [0.1, 0.15) is 26.3 Å². The molecule has 17 rings (SSSR count). The Morgan fingerprint density at radius 2 is 0.466 bits per heavy atom. The molecular formula is C70H45N3. The van der Waals surface area contributed by atoms with Gasteiger partial charge in [-0.05, 0) is 103 Å². The minimum Gasteiger partial charge on any atom is -0.308 e. The molecule has 0 unspecified atom stereocenters. The third-order valence-corrected chi connectivity index (χ3v) is 16.8. The molecule has 0 radical (unpaired) electrons. The van der Waals surface area contributed by atoms with Gasteiger partial charge in [0.1, 0.15) is 0 Å². The van der Waals surface area contributed by atoms with Gasteiger partial charge in [-0.1, -0.05) is 191 Å². The molecule has 11 aromatic carbocycles. The molecule has 0 spiro atoms. The SMILES string of the molecule is CC(C)(C)c1cc2c3c4c5cccc6c7ccccc7c7ccccc7c7ccccc7n(c4ccc3n3c4ccc7c(c8cccc9c%10ccccc%10c%10ccccc%10c%10ccccc%10n7c98)c4c(c1)c23)c65. The lowest BCUT2D eigenvalue weighted by Gasteiger charge is -2.19. The summed E-state index contributed by atoms with van der Waals surface area (Å²) in [5, 5.41) is 25.3. The van der Waals surface area contributed by atoms with E-state index in [1.165, 1.54) is 163 Å². The van der Waals surface area contributed by atoms with Crippen LogP contribution < -0.4 is 0 Å². The zero-order chi connectivity index (χ0) is 48.0. The summed E-state index contributed by atoms with van der Waals surface area (Å²) < 4.78 is 7.79. The molecule has 0 N–H and O–H groups in total. The van der Waals surface area contributed by atoms with Crippen LogP contribution in [0.15, 0.2) is 218 Å². The molecular weight excluding hydrogens is 883 g/mol. The highest BCUT2D eigenvalue weighted by molar-refractivity contribution is 6.39. The van der Waals surface area contributed by atoms with E-state index in [-0.39, 0.29) is 5.41 Å². The number of hydrogen-bond acceptors (Lipinski definition) is 0. The first-order valence-corrected chi connectivity index (χ1v) is 25.7. The summed E-state index contributed by atoms with van der Waals surface area (Å²) in [4.78, 5) is 0. The van der Waals surface area contributed by atoms with Gasteiger partial charge in [-0.25, -0.2) is 0 Å². The monoisotopic (exact) mass is 927 g/mol. The Balaban J connectivity index is 1.12. The van der Waals surface area contributed by atoms with Gasteiger partial charge in [-0.15, -0.1) is 0 Å². The molecule has 0 saturated heterocycles. The van der Waals surface area contributed by atoms with E-state index in [2.05, 4.69) is 252 Å². The summed E-state index contributed by atoms with van der Waals surface area (Å²) >= 11 is 0. The van der Waals surface area contributed by atoms with Crippen LogP contribution in [0.3, 0.4) is 0 Å². The molecule has 3 nitrogen and oxygen atoms in total. The van der Waals surface area contributed by atoms with Crippen molar-refractivity contribution in [1.82, 2.24) is 13.2 Å². The van der Waals surface area contributed by atoms with Crippen LogP contribution in [-0.2, 0) is 5.41 Å². The summed E-state index contributed by atoms with van der Waals surface area (Å²) in [5.74, 6) is 0. The highest BCUT2D eigenvalue weighted by atomic mass is 14.9. The number of benzene rings is 11. The molecule has 0 amide bonds. The Labute approximate surface area is 418 Å². The Morgan fingerprint density at radius 1 is 0.219 bits per heavy atom. The van der Waals surface area contributed by atoms with Gasteiger partial charge in [0, 0.05) is 64.6 Å². The lowest BCUT2D eigenvalue weighted by Crippen LogP contribution is -2.10. The molecule has 6 heterocycles. The second-order valence-corrected chi connectivity index (χ2v) is 21.5. The first-order chi connectivity index (χ1) is 35.9. The zero-order valence-corrected chi connectivity index (χ0v) is 40.6. The van der Waals surface area contributed by atoms with Gasteiger partial charge in [0.15, 0.2) is 0 Å².